The number of carbonyl (C=O) groups is 1. The Morgan fingerprint density at radius 3 is 2.75 bits per heavy atom. The van der Waals surface area contributed by atoms with Crippen LogP contribution in [0.25, 0.3) is 0 Å². The van der Waals surface area contributed by atoms with Crippen molar-refractivity contribution in [2.45, 2.75) is 19.8 Å². The molecule has 0 unspecified atom stereocenters. The molecule has 0 aliphatic heterocycles. The number of rotatable bonds is 3. The van der Waals surface area contributed by atoms with Crippen molar-refractivity contribution in [2.24, 2.45) is 0 Å². The highest BCUT2D eigenvalue weighted by molar-refractivity contribution is 6.32. The first-order valence-electron chi connectivity index (χ1n) is 4.46. The summed E-state index contributed by atoms with van der Waals surface area (Å²) < 4.78 is 29.9. The highest BCUT2D eigenvalue weighted by atomic mass is 35.5. The van der Waals surface area contributed by atoms with Crippen molar-refractivity contribution < 1.29 is 18.3 Å². The maximum atomic E-state index is 12.7. The Morgan fingerprint density at radius 2 is 2.25 bits per heavy atom. The van der Waals surface area contributed by atoms with E-state index in [0.29, 0.717) is 5.56 Å². The van der Waals surface area contributed by atoms with E-state index in [2.05, 4.69) is 9.72 Å². The van der Waals surface area contributed by atoms with E-state index in [4.69, 9.17) is 11.6 Å². The molecular weight excluding hydrogens is 240 g/mol. The van der Waals surface area contributed by atoms with E-state index in [0.717, 1.165) is 0 Å². The van der Waals surface area contributed by atoms with Crippen molar-refractivity contribution >= 4 is 17.6 Å². The topological polar surface area (TPSA) is 39.2 Å². The smallest absolute Gasteiger partial charge is 0.311 e. The van der Waals surface area contributed by atoms with E-state index in [-0.39, 0.29) is 17.1 Å². The number of alkyl halides is 2. The predicted molar refractivity (Wildman–Crippen MR) is 54.7 cm³/mol. The van der Waals surface area contributed by atoms with Crippen LogP contribution in [0.3, 0.4) is 0 Å². The fraction of sp³-hybridized carbons (Fsp3) is 0.400. The van der Waals surface area contributed by atoms with Gasteiger partial charge in [-0.25, -0.2) is 8.78 Å². The van der Waals surface area contributed by atoms with Gasteiger partial charge in [0.25, 0.3) is 6.43 Å². The molecule has 0 fully saturated rings. The number of methoxy groups -OCH3 is 1. The van der Waals surface area contributed by atoms with Gasteiger partial charge in [0.1, 0.15) is 0 Å². The van der Waals surface area contributed by atoms with Gasteiger partial charge in [-0.3, -0.25) is 9.78 Å². The van der Waals surface area contributed by atoms with Crippen LogP contribution in [-0.4, -0.2) is 18.1 Å². The highest BCUT2D eigenvalue weighted by Crippen LogP contribution is 2.31. The molecule has 88 valence electrons. The van der Waals surface area contributed by atoms with Crippen molar-refractivity contribution in [2.75, 3.05) is 7.11 Å². The normalized spacial score (nSPS) is 10.6. The zero-order chi connectivity index (χ0) is 12.3. The maximum Gasteiger partial charge on any atom is 0.311 e. The van der Waals surface area contributed by atoms with Crippen LogP contribution in [0.4, 0.5) is 8.78 Å². The lowest BCUT2D eigenvalue weighted by Crippen LogP contribution is -2.10. The molecule has 0 spiro atoms. The second-order valence-corrected chi connectivity index (χ2v) is 3.55. The number of hydrogen-bond donors (Lipinski definition) is 0. The van der Waals surface area contributed by atoms with Crippen molar-refractivity contribution in [1.82, 2.24) is 4.98 Å². The molecule has 0 atom stereocenters. The van der Waals surface area contributed by atoms with Crippen molar-refractivity contribution in [3.05, 3.63) is 28.0 Å². The number of aryl methyl sites for hydroxylation is 1. The fourth-order valence-corrected chi connectivity index (χ4v) is 1.45. The third-order valence-electron chi connectivity index (χ3n) is 2.07. The number of ether oxygens (including phenoxy) is 1. The van der Waals surface area contributed by atoms with Crippen LogP contribution in [0.5, 0.6) is 0 Å². The molecule has 0 saturated carbocycles. The Labute approximate surface area is 96.4 Å². The van der Waals surface area contributed by atoms with E-state index in [1.807, 2.05) is 0 Å². The first-order valence-corrected chi connectivity index (χ1v) is 4.84. The van der Waals surface area contributed by atoms with Crippen LogP contribution < -0.4 is 0 Å². The van der Waals surface area contributed by atoms with Gasteiger partial charge in [-0.05, 0) is 12.5 Å². The van der Waals surface area contributed by atoms with Gasteiger partial charge in [-0.2, -0.15) is 0 Å². The molecule has 0 saturated heterocycles. The lowest BCUT2D eigenvalue weighted by molar-refractivity contribution is -0.139. The van der Waals surface area contributed by atoms with Gasteiger partial charge in [0.2, 0.25) is 0 Å². The molecule has 0 aliphatic carbocycles. The summed E-state index contributed by atoms with van der Waals surface area (Å²) in [6, 6.07) is 0. The van der Waals surface area contributed by atoms with E-state index in [9.17, 15) is 13.6 Å². The minimum Gasteiger partial charge on any atom is -0.469 e. The van der Waals surface area contributed by atoms with Crippen LogP contribution in [0, 0.1) is 6.92 Å². The fourth-order valence-electron chi connectivity index (χ4n) is 1.21. The standard InChI is InChI=1S/C10H10ClF2NO2/c1-5-4-14-6(3-7(15)16-2)8(9(5)11)10(12)13/h4,10H,3H2,1-2H3. The molecule has 0 bridgehead atoms. The average Bonchev–Trinajstić information content (AvgIpc) is 2.23. The molecule has 0 aromatic carbocycles. The number of halogens is 3. The minimum absolute atomic E-state index is 0.0440. The quantitative estimate of drug-likeness (QED) is 0.773. The van der Waals surface area contributed by atoms with Crippen LogP contribution in [0.15, 0.2) is 6.20 Å². The average molecular weight is 250 g/mol. The summed E-state index contributed by atoms with van der Waals surface area (Å²) in [5.41, 5.74) is 0.00935. The van der Waals surface area contributed by atoms with Gasteiger partial charge in [0.05, 0.1) is 29.8 Å². The molecule has 1 aromatic rings. The third kappa shape index (κ3) is 2.66. The molecule has 0 radical (unpaired) electrons. The summed E-state index contributed by atoms with van der Waals surface area (Å²) in [6.07, 6.45) is -1.72. The number of hydrogen-bond acceptors (Lipinski definition) is 3. The van der Waals surface area contributed by atoms with E-state index in [1.165, 1.54) is 13.3 Å². The monoisotopic (exact) mass is 249 g/mol. The number of aromatic nitrogens is 1. The lowest BCUT2D eigenvalue weighted by Gasteiger charge is -2.10. The molecule has 0 N–H and O–H groups in total. The van der Waals surface area contributed by atoms with Crippen LogP contribution >= 0.6 is 11.6 Å². The van der Waals surface area contributed by atoms with Crippen LogP contribution in [0.1, 0.15) is 23.2 Å². The summed E-state index contributed by atoms with van der Waals surface area (Å²) in [5.74, 6) is -0.630. The van der Waals surface area contributed by atoms with E-state index >= 15 is 0 Å². The Bertz CT molecular complexity index is 410. The second-order valence-electron chi connectivity index (χ2n) is 3.17. The zero-order valence-corrected chi connectivity index (χ0v) is 9.52. The molecule has 1 rings (SSSR count). The van der Waals surface area contributed by atoms with E-state index in [1.54, 1.807) is 6.92 Å². The van der Waals surface area contributed by atoms with Gasteiger partial charge in [-0.1, -0.05) is 11.6 Å². The molecule has 1 heterocycles. The second kappa shape index (κ2) is 5.21. The molecule has 0 amide bonds. The molecular formula is C10H10ClF2NO2. The van der Waals surface area contributed by atoms with Gasteiger partial charge in [0.15, 0.2) is 0 Å². The molecule has 6 heteroatoms. The van der Waals surface area contributed by atoms with Crippen LogP contribution in [0.2, 0.25) is 5.02 Å². The largest absolute Gasteiger partial charge is 0.469 e. The molecule has 0 aliphatic rings. The molecule has 16 heavy (non-hydrogen) atoms. The van der Waals surface area contributed by atoms with Gasteiger partial charge in [-0.15, -0.1) is 0 Å². The van der Waals surface area contributed by atoms with Crippen LogP contribution in [-0.2, 0) is 16.0 Å². The van der Waals surface area contributed by atoms with Gasteiger partial charge < -0.3 is 4.74 Å². The molecule has 3 nitrogen and oxygen atoms in total. The first-order chi connectivity index (χ1) is 7.47. The zero-order valence-electron chi connectivity index (χ0n) is 8.76. The Morgan fingerprint density at radius 1 is 1.62 bits per heavy atom. The van der Waals surface area contributed by atoms with Crippen molar-refractivity contribution in [3.63, 3.8) is 0 Å². The number of pyridine rings is 1. The third-order valence-corrected chi connectivity index (χ3v) is 2.57. The Hall–Kier alpha value is -1.23. The number of nitrogens with zero attached hydrogens (tertiary/aromatic N) is 1. The Kier molecular flexibility index (Phi) is 4.18. The number of esters is 1. The summed E-state index contributed by atoms with van der Waals surface area (Å²) in [6.45, 7) is 1.57. The Balaban J connectivity index is 3.18. The predicted octanol–water partition coefficient (Wildman–Crippen LogP) is 2.70. The summed E-state index contributed by atoms with van der Waals surface area (Å²) in [7, 11) is 1.18. The summed E-state index contributed by atoms with van der Waals surface area (Å²) in [5, 5.41) is -0.0519. The van der Waals surface area contributed by atoms with Crippen molar-refractivity contribution in [1.29, 1.82) is 0 Å². The molecule has 1 aromatic heterocycles. The van der Waals surface area contributed by atoms with E-state index < -0.39 is 18.0 Å². The lowest BCUT2D eigenvalue weighted by atomic mass is 10.1. The maximum absolute atomic E-state index is 12.7. The summed E-state index contributed by atoms with van der Waals surface area (Å²) >= 11 is 5.75. The van der Waals surface area contributed by atoms with Crippen molar-refractivity contribution in [3.8, 4) is 0 Å². The van der Waals surface area contributed by atoms with Gasteiger partial charge >= 0.3 is 5.97 Å². The highest BCUT2D eigenvalue weighted by Gasteiger charge is 2.21. The van der Waals surface area contributed by atoms with Gasteiger partial charge in [0, 0.05) is 6.20 Å². The first kappa shape index (κ1) is 12.8. The SMILES string of the molecule is COC(=O)Cc1ncc(C)c(Cl)c1C(F)F. The minimum atomic E-state index is -2.76. The summed E-state index contributed by atoms with van der Waals surface area (Å²) in [4.78, 5) is 14.8. The number of carbonyl (C=O) groups excluding carboxylic acids is 1.